The van der Waals surface area contributed by atoms with Gasteiger partial charge in [-0.3, -0.25) is 9.35 Å². The normalized spacial score (nSPS) is 11.2. The van der Waals surface area contributed by atoms with Crippen LogP contribution in [0.4, 0.5) is 17.1 Å². The molecule has 1 amide bonds. The largest absolute Gasteiger partial charge is 0.505 e. The number of anilines is 1. The SMILES string of the molecule is CC.COc1ccc(N=Nc2c(S(=O)(=O)O)cc3cc(NC(=O)c4cccc(C)c4)ccc3c2O)cc1. The lowest BCUT2D eigenvalue weighted by Crippen LogP contribution is -2.11. The van der Waals surface area contributed by atoms with E-state index < -0.39 is 26.5 Å². The molecule has 0 aliphatic rings. The summed E-state index contributed by atoms with van der Waals surface area (Å²) in [7, 11) is -3.25. The Bertz CT molecular complexity index is 1570. The summed E-state index contributed by atoms with van der Waals surface area (Å²) in [4.78, 5) is 12.0. The Hall–Kier alpha value is -4.28. The van der Waals surface area contributed by atoms with Crippen molar-refractivity contribution >= 4 is 43.9 Å². The first-order valence-corrected chi connectivity index (χ1v) is 12.8. The Labute approximate surface area is 215 Å². The van der Waals surface area contributed by atoms with E-state index in [1.165, 1.54) is 19.2 Å². The van der Waals surface area contributed by atoms with Crippen LogP contribution in [0.3, 0.4) is 0 Å². The van der Waals surface area contributed by atoms with E-state index in [4.69, 9.17) is 4.74 Å². The van der Waals surface area contributed by atoms with E-state index in [9.17, 15) is 22.9 Å². The number of rotatable bonds is 6. The Kier molecular flexibility index (Phi) is 8.59. The van der Waals surface area contributed by atoms with Crippen LogP contribution in [0.2, 0.25) is 0 Å². The van der Waals surface area contributed by atoms with E-state index in [1.807, 2.05) is 26.8 Å². The predicted molar refractivity (Wildman–Crippen MR) is 143 cm³/mol. The minimum Gasteiger partial charge on any atom is -0.505 e. The molecule has 9 nitrogen and oxygen atoms in total. The van der Waals surface area contributed by atoms with E-state index in [-0.39, 0.29) is 16.7 Å². The van der Waals surface area contributed by atoms with Gasteiger partial charge >= 0.3 is 0 Å². The summed E-state index contributed by atoms with van der Waals surface area (Å²) in [5.41, 5.74) is 1.72. The second kappa shape index (κ2) is 11.6. The number of fused-ring (bicyclic) bond motifs is 1. The van der Waals surface area contributed by atoms with Gasteiger partial charge in [-0.1, -0.05) is 31.5 Å². The molecule has 3 N–H and O–H groups in total. The molecule has 0 atom stereocenters. The molecule has 0 fully saturated rings. The lowest BCUT2D eigenvalue weighted by Gasteiger charge is -2.11. The first-order valence-electron chi connectivity index (χ1n) is 11.4. The average Bonchev–Trinajstić information content (AvgIpc) is 2.89. The van der Waals surface area contributed by atoms with Crippen molar-refractivity contribution in [3.05, 3.63) is 83.9 Å². The number of phenols is 1. The minimum atomic E-state index is -4.77. The number of methoxy groups -OCH3 is 1. The van der Waals surface area contributed by atoms with Crippen LogP contribution in [-0.4, -0.2) is 31.1 Å². The molecule has 0 spiro atoms. The van der Waals surface area contributed by atoms with Crippen molar-refractivity contribution in [2.75, 3.05) is 12.4 Å². The number of hydrogen-bond donors (Lipinski definition) is 3. The third-order valence-corrected chi connectivity index (χ3v) is 6.07. The van der Waals surface area contributed by atoms with Crippen LogP contribution < -0.4 is 10.1 Å². The first-order chi connectivity index (χ1) is 17.7. The molecule has 10 heteroatoms. The summed E-state index contributed by atoms with van der Waals surface area (Å²) < 4.78 is 39.0. The Morgan fingerprint density at radius 1 is 0.946 bits per heavy atom. The standard InChI is InChI=1S/C25H21N3O6S.C2H6/c1-15-4-3-5-16(12-15)25(30)26-19-8-11-21-17(13-19)14-22(35(31,32)33)23(24(21)29)28-27-18-6-9-20(34-2)10-7-18;1-2/h3-14,29H,1-2H3,(H,26,30)(H,31,32,33);1-2H3. The zero-order valence-electron chi connectivity index (χ0n) is 20.8. The molecule has 4 aromatic carbocycles. The molecule has 4 rings (SSSR count). The van der Waals surface area contributed by atoms with Gasteiger partial charge < -0.3 is 15.2 Å². The van der Waals surface area contributed by atoms with Crippen LogP contribution in [0.25, 0.3) is 10.8 Å². The highest BCUT2D eigenvalue weighted by molar-refractivity contribution is 7.86. The van der Waals surface area contributed by atoms with Gasteiger partial charge in [-0.15, -0.1) is 5.11 Å². The summed E-state index contributed by atoms with van der Waals surface area (Å²) in [6, 6.07) is 19.2. The molecule has 0 saturated heterocycles. The predicted octanol–water partition coefficient (Wildman–Crippen LogP) is 6.80. The highest BCUT2D eigenvalue weighted by atomic mass is 32.2. The number of aromatic hydroxyl groups is 1. The number of ether oxygens (including phenoxy) is 1. The zero-order chi connectivity index (χ0) is 27.2. The molecule has 0 radical (unpaired) electrons. The number of nitrogens with zero attached hydrogens (tertiary/aromatic N) is 2. The molecular formula is C27H27N3O6S. The van der Waals surface area contributed by atoms with E-state index in [0.717, 1.165) is 11.6 Å². The van der Waals surface area contributed by atoms with Gasteiger partial charge in [0.15, 0.2) is 5.75 Å². The summed E-state index contributed by atoms with van der Waals surface area (Å²) in [5, 5.41) is 21.9. The first kappa shape index (κ1) is 27.3. The maximum Gasteiger partial charge on any atom is 0.296 e. The molecule has 0 aliphatic carbocycles. The maximum absolute atomic E-state index is 12.6. The number of carbonyl (C=O) groups excluding carboxylic acids is 1. The highest BCUT2D eigenvalue weighted by Crippen LogP contribution is 2.42. The fraction of sp³-hybridized carbons (Fsp3) is 0.148. The van der Waals surface area contributed by atoms with Crippen molar-refractivity contribution in [1.29, 1.82) is 0 Å². The highest BCUT2D eigenvalue weighted by Gasteiger charge is 2.22. The van der Waals surface area contributed by atoms with Crippen molar-refractivity contribution in [1.82, 2.24) is 0 Å². The number of azo groups is 1. The Morgan fingerprint density at radius 3 is 2.27 bits per heavy atom. The fourth-order valence-corrected chi connectivity index (χ4v) is 4.13. The van der Waals surface area contributed by atoms with Crippen LogP contribution in [0.5, 0.6) is 11.5 Å². The lowest BCUT2D eigenvalue weighted by atomic mass is 10.1. The van der Waals surface area contributed by atoms with E-state index in [2.05, 4.69) is 15.5 Å². The van der Waals surface area contributed by atoms with Gasteiger partial charge in [0.05, 0.1) is 12.8 Å². The second-order valence-electron chi connectivity index (χ2n) is 7.70. The smallest absolute Gasteiger partial charge is 0.296 e. The van der Waals surface area contributed by atoms with Gasteiger partial charge in [-0.2, -0.15) is 13.5 Å². The molecule has 0 aromatic heterocycles. The zero-order valence-corrected chi connectivity index (χ0v) is 21.6. The molecular weight excluding hydrogens is 494 g/mol. The number of carbonyl (C=O) groups is 1. The molecule has 0 aliphatic heterocycles. The van der Waals surface area contributed by atoms with Crippen molar-refractivity contribution in [2.45, 2.75) is 25.7 Å². The molecule has 0 unspecified atom stereocenters. The third-order valence-electron chi connectivity index (χ3n) is 5.20. The number of hydrogen-bond acceptors (Lipinski definition) is 7. The lowest BCUT2D eigenvalue weighted by molar-refractivity contribution is 0.102. The van der Waals surface area contributed by atoms with Gasteiger partial charge in [0.1, 0.15) is 16.3 Å². The molecule has 0 heterocycles. The Balaban J connectivity index is 0.00000186. The fourth-order valence-electron chi connectivity index (χ4n) is 3.47. The van der Waals surface area contributed by atoms with Crippen LogP contribution in [0.15, 0.2) is 87.9 Å². The van der Waals surface area contributed by atoms with Gasteiger partial charge in [0.25, 0.3) is 16.0 Å². The minimum absolute atomic E-state index is 0.259. The number of aryl methyl sites for hydroxylation is 1. The van der Waals surface area contributed by atoms with Crippen LogP contribution in [-0.2, 0) is 10.1 Å². The van der Waals surface area contributed by atoms with Crippen molar-refractivity contribution in [3.8, 4) is 11.5 Å². The Morgan fingerprint density at radius 2 is 1.65 bits per heavy atom. The maximum atomic E-state index is 12.6. The summed E-state index contributed by atoms with van der Waals surface area (Å²) in [6.07, 6.45) is 0. The van der Waals surface area contributed by atoms with E-state index in [0.29, 0.717) is 22.7 Å². The third kappa shape index (κ3) is 6.49. The van der Waals surface area contributed by atoms with Crippen LogP contribution in [0, 0.1) is 6.92 Å². The number of benzene rings is 4. The van der Waals surface area contributed by atoms with Gasteiger partial charge in [0.2, 0.25) is 0 Å². The molecule has 4 aromatic rings. The number of nitrogens with one attached hydrogen (secondary N) is 1. The average molecular weight is 522 g/mol. The monoisotopic (exact) mass is 521 g/mol. The summed E-state index contributed by atoms with van der Waals surface area (Å²) in [5.74, 6) is -0.234. The number of amides is 1. The van der Waals surface area contributed by atoms with Gasteiger partial charge in [-0.25, -0.2) is 0 Å². The quantitative estimate of drug-likeness (QED) is 0.188. The van der Waals surface area contributed by atoms with Crippen LogP contribution in [0.1, 0.15) is 29.8 Å². The van der Waals surface area contributed by atoms with E-state index in [1.54, 1.807) is 48.5 Å². The van der Waals surface area contributed by atoms with Crippen molar-refractivity contribution in [3.63, 3.8) is 0 Å². The van der Waals surface area contributed by atoms with E-state index >= 15 is 0 Å². The van der Waals surface area contributed by atoms with Crippen LogP contribution >= 0.6 is 0 Å². The molecule has 192 valence electrons. The molecule has 0 saturated carbocycles. The van der Waals surface area contributed by atoms with Gasteiger partial charge in [0, 0.05) is 16.6 Å². The van der Waals surface area contributed by atoms with Gasteiger partial charge in [-0.05, 0) is 73.0 Å². The molecule has 0 bridgehead atoms. The molecule has 37 heavy (non-hydrogen) atoms. The van der Waals surface area contributed by atoms with Crippen molar-refractivity contribution in [2.24, 2.45) is 10.2 Å². The number of phenolic OH excluding ortho intramolecular Hbond substituents is 1. The summed E-state index contributed by atoms with van der Waals surface area (Å²) >= 11 is 0. The van der Waals surface area contributed by atoms with Crippen molar-refractivity contribution < 1.29 is 27.6 Å². The topological polar surface area (TPSA) is 138 Å². The second-order valence-corrected chi connectivity index (χ2v) is 9.09. The summed E-state index contributed by atoms with van der Waals surface area (Å²) in [6.45, 7) is 5.87.